The molecule has 0 saturated heterocycles. The lowest BCUT2D eigenvalue weighted by molar-refractivity contribution is 0.0931. The zero-order chi connectivity index (χ0) is 18.0. The van der Waals surface area contributed by atoms with E-state index in [1.165, 1.54) is 18.2 Å². The van der Waals surface area contributed by atoms with Crippen molar-refractivity contribution in [3.8, 4) is 0 Å². The van der Waals surface area contributed by atoms with E-state index in [4.69, 9.17) is 0 Å². The number of halogens is 1. The first kappa shape index (κ1) is 17.4. The molecular weight excluding hydrogens is 319 g/mol. The molecule has 1 aliphatic rings. The smallest absolute Gasteiger partial charge is 0.251 e. The first-order valence-electron chi connectivity index (χ1n) is 8.65. The molecule has 1 aromatic heterocycles. The fraction of sp³-hybridized carbons (Fsp3) is 0.400. The van der Waals surface area contributed by atoms with Crippen LogP contribution in [0.4, 0.5) is 4.39 Å². The van der Waals surface area contributed by atoms with Crippen LogP contribution >= 0.6 is 0 Å². The van der Waals surface area contributed by atoms with Crippen molar-refractivity contribution in [2.45, 2.75) is 45.1 Å². The summed E-state index contributed by atoms with van der Waals surface area (Å²) in [6, 6.07) is 9.45. The summed E-state index contributed by atoms with van der Waals surface area (Å²) in [5, 5.41) is 3.07. The Morgan fingerprint density at radius 2 is 1.92 bits per heavy atom. The summed E-state index contributed by atoms with van der Waals surface area (Å²) in [6.45, 7) is 4.12. The normalized spacial score (nSPS) is 15.2. The minimum Gasteiger partial charge on any atom is -0.346 e. The first-order valence-corrected chi connectivity index (χ1v) is 8.65. The molecule has 132 valence electrons. The van der Waals surface area contributed by atoms with E-state index in [1.54, 1.807) is 18.2 Å². The first-order chi connectivity index (χ1) is 11.8. The molecule has 1 heterocycles. The molecule has 1 aromatic carbocycles. The Balaban J connectivity index is 1.72. The molecule has 1 aliphatic carbocycles. The van der Waals surface area contributed by atoms with E-state index in [0.29, 0.717) is 17.9 Å². The van der Waals surface area contributed by atoms with Gasteiger partial charge in [0, 0.05) is 22.9 Å². The van der Waals surface area contributed by atoms with Crippen LogP contribution in [0.2, 0.25) is 0 Å². The number of pyridine rings is 1. The van der Waals surface area contributed by atoms with Gasteiger partial charge in [-0.15, -0.1) is 0 Å². The van der Waals surface area contributed by atoms with Gasteiger partial charge in [0.1, 0.15) is 5.82 Å². The molecule has 0 unspecified atom stereocenters. The third-order valence-corrected chi connectivity index (χ3v) is 4.48. The average molecular weight is 342 g/mol. The summed E-state index contributed by atoms with van der Waals surface area (Å²) >= 11 is 0. The van der Waals surface area contributed by atoms with Crippen molar-refractivity contribution < 1.29 is 9.18 Å². The minimum absolute atomic E-state index is 0.226. The van der Waals surface area contributed by atoms with Crippen LogP contribution in [0.15, 0.2) is 41.2 Å². The Labute approximate surface area is 146 Å². The number of carbonyl (C=O) groups excluding carboxylic acids is 1. The number of carbonyl (C=O) groups is 1. The Morgan fingerprint density at radius 1 is 1.24 bits per heavy atom. The van der Waals surface area contributed by atoms with Gasteiger partial charge in [0.05, 0.1) is 0 Å². The Kier molecular flexibility index (Phi) is 4.75. The van der Waals surface area contributed by atoms with Crippen molar-refractivity contribution >= 4 is 5.91 Å². The number of nitrogens with one attached hydrogen (secondary N) is 2. The number of benzene rings is 1. The number of H-pyrrole nitrogens is 1. The highest BCUT2D eigenvalue weighted by molar-refractivity contribution is 5.95. The highest BCUT2D eigenvalue weighted by atomic mass is 19.1. The monoisotopic (exact) mass is 342 g/mol. The maximum atomic E-state index is 13.0. The SMILES string of the molecule is CC(C)Cc1cc(C(=O)NC2(Cc3ccc(F)cc3)CC2)cc(=O)[nH]1. The van der Waals surface area contributed by atoms with E-state index in [1.807, 2.05) is 0 Å². The van der Waals surface area contributed by atoms with Crippen LogP contribution in [0, 0.1) is 11.7 Å². The third-order valence-electron chi connectivity index (χ3n) is 4.48. The molecule has 1 amide bonds. The van der Waals surface area contributed by atoms with Gasteiger partial charge in [-0.2, -0.15) is 0 Å². The fourth-order valence-corrected chi connectivity index (χ4v) is 3.08. The van der Waals surface area contributed by atoms with E-state index in [-0.39, 0.29) is 22.8 Å². The van der Waals surface area contributed by atoms with Crippen molar-refractivity contribution in [1.29, 1.82) is 0 Å². The minimum atomic E-state index is -0.282. The standard InChI is InChI=1S/C20H23FN2O2/c1-13(2)9-17-10-15(11-18(24)22-17)19(25)23-20(7-8-20)12-14-3-5-16(21)6-4-14/h3-6,10-11,13H,7-9,12H2,1-2H3,(H,22,24)(H,23,25). The molecule has 1 saturated carbocycles. The molecule has 3 rings (SSSR count). The van der Waals surface area contributed by atoms with Crippen LogP contribution < -0.4 is 10.9 Å². The van der Waals surface area contributed by atoms with Crippen LogP contribution in [-0.4, -0.2) is 16.4 Å². The molecule has 0 aliphatic heterocycles. The van der Waals surface area contributed by atoms with Crippen LogP contribution in [0.1, 0.15) is 48.3 Å². The lowest BCUT2D eigenvalue weighted by Gasteiger charge is -2.18. The second-order valence-electron chi connectivity index (χ2n) is 7.39. The van der Waals surface area contributed by atoms with Crippen molar-refractivity contribution in [2.75, 3.05) is 0 Å². The largest absolute Gasteiger partial charge is 0.346 e. The molecule has 5 heteroatoms. The van der Waals surface area contributed by atoms with Gasteiger partial charge in [-0.05, 0) is 55.4 Å². The molecular formula is C20H23FN2O2. The zero-order valence-corrected chi connectivity index (χ0v) is 14.6. The molecule has 4 nitrogen and oxygen atoms in total. The van der Waals surface area contributed by atoms with Crippen molar-refractivity contribution in [2.24, 2.45) is 5.92 Å². The van der Waals surface area contributed by atoms with Crippen LogP contribution in [-0.2, 0) is 12.8 Å². The number of rotatable bonds is 6. The Hall–Kier alpha value is -2.43. The maximum Gasteiger partial charge on any atom is 0.251 e. The molecule has 0 radical (unpaired) electrons. The van der Waals surface area contributed by atoms with E-state index in [0.717, 1.165) is 30.5 Å². The number of aromatic amines is 1. The second-order valence-corrected chi connectivity index (χ2v) is 7.39. The Morgan fingerprint density at radius 3 is 2.52 bits per heavy atom. The van der Waals surface area contributed by atoms with Crippen LogP contribution in [0.5, 0.6) is 0 Å². The van der Waals surface area contributed by atoms with Gasteiger partial charge in [0.2, 0.25) is 5.56 Å². The predicted octanol–water partition coefficient (Wildman–Crippen LogP) is 3.22. The van der Waals surface area contributed by atoms with Gasteiger partial charge in [0.25, 0.3) is 5.91 Å². The molecule has 0 atom stereocenters. The molecule has 2 aromatic rings. The van der Waals surface area contributed by atoms with Gasteiger partial charge in [-0.3, -0.25) is 9.59 Å². The molecule has 0 spiro atoms. The molecule has 2 N–H and O–H groups in total. The van der Waals surface area contributed by atoms with Crippen molar-refractivity contribution in [3.63, 3.8) is 0 Å². The van der Waals surface area contributed by atoms with Crippen LogP contribution in [0.25, 0.3) is 0 Å². The highest BCUT2D eigenvalue weighted by Crippen LogP contribution is 2.38. The van der Waals surface area contributed by atoms with E-state index in [2.05, 4.69) is 24.1 Å². The summed E-state index contributed by atoms with van der Waals surface area (Å²) in [5.41, 5.74) is 1.62. The van der Waals surface area contributed by atoms with Gasteiger partial charge >= 0.3 is 0 Å². The van der Waals surface area contributed by atoms with Crippen molar-refractivity contribution in [1.82, 2.24) is 10.3 Å². The van der Waals surface area contributed by atoms with Crippen LogP contribution in [0.3, 0.4) is 0 Å². The lowest BCUT2D eigenvalue weighted by atomic mass is 10.0. The van der Waals surface area contributed by atoms with Gasteiger partial charge < -0.3 is 10.3 Å². The summed E-state index contributed by atoms with van der Waals surface area (Å²) in [6.07, 6.45) is 3.16. The summed E-state index contributed by atoms with van der Waals surface area (Å²) < 4.78 is 13.0. The lowest BCUT2D eigenvalue weighted by Crippen LogP contribution is -2.39. The average Bonchev–Trinajstić information content (AvgIpc) is 3.27. The topological polar surface area (TPSA) is 62.0 Å². The number of amides is 1. The molecule has 1 fully saturated rings. The van der Waals surface area contributed by atoms with Gasteiger partial charge in [0.15, 0.2) is 0 Å². The number of aromatic nitrogens is 1. The Bertz CT molecular complexity index is 820. The second kappa shape index (κ2) is 6.82. The van der Waals surface area contributed by atoms with E-state index < -0.39 is 0 Å². The summed E-state index contributed by atoms with van der Waals surface area (Å²) in [7, 11) is 0. The molecule has 25 heavy (non-hydrogen) atoms. The van der Waals surface area contributed by atoms with E-state index >= 15 is 0 Å². The van der Waals surface area contributed by atoms with Crippen molar-refractivity contribution in [3.05, 3.63) is 69.4 Å². The number of hydrogen-bond donors (Lipinski definition) is 2. The maximum absolute atomic E-state index is 13.0. The zero-order valence-electron chi connectivity index (χ0n) is 14.6. The van der Waals surface area contributed by atoms with Gasteiger partial charge in [-0.1, -0.05) is 26.0 Å². The molecule has 0 bridgehead atoms. The fourth-order valence-electron chi connectivity index (χ4n) is 3.08. The summed E-state index contributed by atoms with van der Waals surface area (Å²) in [4.78, 5) is 27.2. The quantitative estimate of drug-likeness (QED) is 0.847. The van der Waals surface area contributed by atoms with E-state index in [9.17, 15) is 14.0 Å². The van der Waals surface area contributed by atoms with Gasteiger partial charge in [-0.25, -0.2) is 4.39 Å². The number of hydrogen-bond acceptors (Lipinski definition) is 2. The summed E-state index contributed by atoms with van der Waals surface area (Å²) in [5.74, 6) is -0.100. The highest BCUT2D eigenvalue weighted by Gasteiger charge is 2.44. The third kappa shape index (κ3) is 4.56. The predicted molar refractivity (Wildman–Crippen MR) is 95.1 cm³/mol.